The molecule has 0 radical (unpaired) electrons. The summed E-state index contributed by atoms with van der Waals surface area (Å²) in [7, 11) is 1.73. The van der Waals surface area contributed by atoms with E-state index >= 15 is 0 Å². The van der Waals surface area contributed by atoms with Crippen molar-refractivity contribution in [3.63, 3.8) is 0 Å². The van der Waals surface area contributed by atoms with E-state index in [1.165, 1.54) is 12.1 Å². The first-order chi connectivity index (χ1) is 7.56. The third-order valence-electron chi connectivity index (χ3n) is 2.47. The monoisotopic (exact) mass is 221 g/mol. The highest BCUT2D eigenvalue weighted by Crippen LogP contribution is 2.11. The fraction of sp³-hybridized carbons (Fsp3) is 0.308. The van der Waals surface area contributed by atoms with Crippen LogP contribution in [0.4, 0.5) is 4.39 Å². The van der Waals surface area contributed by atoms with Crippen LogP contribution >= 0.6 is 0 Å². The van der Waals surface area contributed by atoms with Gasteiger partial charge in [0.2, 0.25) is 5.91 Å². The number of hydrogen-bond donors (Lipinski definition) is 0. The molecule has 0 spiro atoms. The van der Waals surface area contributed by atoms with E-state index in [4.69, 9.17) is 0 Å². The molecule has 0 saturated heterocycles. The largest absolute Gasteiger partial charge is 0.346 e. The zero-order valence-electron chi connectivity index (χ0n) is 9.66. The summed E-state index contributed by atoms with van der Waals surface area (Å²) in [6.45, 7) is 6.14. The summed E-state index contributed by atoms with van der Waals surface area (Å²) in [5.74, 6) is -0.345. The minimum Gasteiger partial charge on any atom is -0.346 e. The summed E-state index contributed by atoms with van der Waals surface area (Å²) in [4.78, 5) is 13.2. The van der Waals surface area contributed by atoms with Gasteiger partial charge < -0.3 is 4.90 Å². The van der Waals surface area contributed by atoms with E-state index in [1.54, 1.807) is 24.1 Å². The van der Waals surface area contributed by atoms with Crippen LogP contribution in [0, 0.1) is 5.82 Å². The Hall–Kier alpha value is -1.64. The fourth-order valence-corrected chi connectivity index (χ4v) is 1.38. The predicted molar refractivity (Wildman–Crippen MR) is 63.5 cm³/mol. The molecule has 1 aromatic rings. The van der Waals surface area contributed by atoms with Gasteiger partial charge in [-0.2, -0.15) is 0 Å². The van der Waals surface area contributed by atoms with Gasteiger partial charge in [0.25, 0.3) is 0 Å². The van der Waals surface area contributed by atoms with Crippen molar-refractivity contribution in [3.8, 4) is 0 Å². The standard InChI is InChI=1S/C13H16FNO/c1-4-10-6-11(8-12(14)7-10)9-13(16)15(3)5-2/h4,6-8H,1,5,9H2,2-3H3. The summed E-state index contributed by atoms with van der Waals surface area (Å²) >= 11 is 0. The zero-order chi connectivity index (χ0) is 12.1. The number of amides is 1. The van der Waals surface area contributed by atoms with Crippen molar-refractivity contribution in [3.05, 3.63) is 41.7 Å². The van der Waals surface area contributed by atoms with Gasteiger partial charge in [0.15, 0.2) is 0 Å². The van der Waals surface area contributed by atoms with Crippen molar-refractivity contribution in [1.29, 1.82) is 0 Å². The third-order valence-corrected chi connectivity index (χ3v) is 2.47. The lowest BCUT2D eigenvalue weighted by Gasteiger charge is -2.14. The van der Waals surface area contributed by atoms with E-state index in [2.05, 4.69) is 6.58 Å². The summed E-state index contributed by atoms with van der Waals surface area (Å²) in [6, 6.07) is 4.55. The van der Waals surface area contributed by atoms with Gasteiger partial charge in [0.1, 0.15) is 5.82 Å². The van der Waals surface area contributed by atoms with Crippen molar-refractivity contribution >= 4 is 12.0 Å². The van der Waals surface area contributed by atoms with Crippen LogP contribution in [-0.2, 0) is 11.2 Å². The summed E-state index contributed by atoms with van der Waals surface area (Å²) < 4.78 is 13.2. The van der Waals surface area contributed by atoms with Crippen molar-refractivity contribution < 1.29 is 9.18 Å². The van der Waals surface area contributed by atoms with Crippen LogP contribution in [-0.4, -0.2) is 24.4 Å². The first-order valence-corrected chi connectivity index (χ1v) is 5.22. The van der Waals surface area contributed by atoms with Gasteiger partial charge >= 0.3 is 0 Å². The number of halogens is 1. The number of nitrogens with zero attached hydrogens (tertiary/aromatic N) is 1. The maximum Gasteiger partial charge on any atom is 0.226 e. The van der Waals surface area contributed by atoms with E-state index in [9.17, 15) is 9.18 Å². The van der Waals surface area contributed by atoms with Gasteiger partial charge in [0, 0.05) is 13.6 Å². The Bertz CT molecular complexity index is 401. The van der Waals surface area contributed by atoms with E-state index in [0.29, 0.717) is 17.7 Å². The molecule has 0 bridgehead atoms. The van der Waals surface area contributed by atoms with E-state index < -0.39 is 0 Å². The third kappa shape index (κ3) is 3.19. The molecule has 1 aromatic carbocycles. The average molecular weight is 221 g/mol. The minimum atomic E-state index is -0.334. The smallest absolute Gasteiger partial charge is 0.226 e. The quantitative estimate of drug-likeness (QED) is 0.765. The molecule has 0 fully saturated rings. The van der Waals surface area contributed by atoms with Crippen LogP contribution in [0.15, 0.2) is 24.8 Å². The molecule has 0 aliphatic carbocycles. The molecule has 0 atom stereocenters. The summed E-state index contributed by atoms with van der Waals surface area (Å²) in [5, 5.41) is 0. The number of hydrogen-bond acceptors (Lipinski definition) is 1. The molecule has 0 heterocycles. The molecule has 0 aliphatic rings. The maximum atomic E-state index is 13.2. The Kier molecular flexibility index (Phi) is 4.23. The Morgan fingerprint density at radius 3 is 2.75 bits per heavy atom. The van der Waals surface area contributed by atoms with Crippen LogP contribution in [0.5, 0.6) is 0 Å². The molecule has 1 rings (SSSR count). The summed E-state index contributed by atoms with van der Waals surface area (Å²) in [6.07, 6.45) is 1.80. The highest BCUT2D eigenvalue weighted by Gasteiger charge is 2.08. The maximum absolute atomic E-state index is 13.2. The Labute approximate surface area is 95.4 Å². The van der Waals surface area contributed by atoms with Crippen molar-refractivity contribution in [2.45, 2.75) is 13.3 Å². The Morgan fingerprint density at radius 1 is 1.50 bits per heavy atom. The lowest BCUT2D eigenvalue weighted by atomic mass is 10.1. The van der Waals surface area contributed by atoms with Crippen molar-refractivity contribution in [2.75, 3.05) is 13.6 Å². The molecule has 0 aromatic heterocycles. The normalized spacial score (nSPS) is 9.94. The number of carbonyl (C=O) groups excluding carboxylic acids is 1. The van der Waals surface area contributed by atoms with Gasteiger partial charge in [-0.15, -0.1) is 0 Å². The zero-order valence-corrected chi connectivity index (χ0v) is 9.66. The molecule has 0 unspecified atom stereocenters. The van der Waals surface area contributed by atoms with Gasteiger partial charge in [0.05, 0.1) is 6.42 Å². The van der Waals surface area contributed by atoms with Crippen molar-refractivity contribution in [2.24, 2.45) is 0 Å². The molecule has 86 valence electrons. The average Bonchev–Trinajstić information content (AvgIpc) is 2.26. The van der Waals surface area contributed by atoms with E-state index in [0.717, 1.165) is 0 Å². The second-order valence-corrected chi connectivity index (χ2v) is 3.68. The van der Waals surface area contributed by atoms with Crippen LogP contribution in [0.25, 0.3) is 6.08 Å². The highest BCUT2D eigenvalue weighted by molar-refractivity contribution is 5.78. The molecule has 3 heteroatoms. The van der Waals surface area contributed by atoms with Crippen LogP contribution in [0.1, 0.15) is 18.1 Å². The number of rotatable bonds is 4. The topological polar surface area (TPSA) is 20.3 Å². The molecular weight excluding hydrogens is 205 g/mol. The molecule has 2 nitrogen and oxygen atoms in total. The van der Waals surface area contributed by atoms with Gasteiger partial charge in [-0.3, -0.25) is 4.79 Å². The predicted octanol–water partition coefficient (Wildman–Crippen LogP) is 2.49. The molecular formula is C13H16FNO. The van der Waals surface area contributed by atoms with Crippen LogP contribution in [0.2, 0.25) is 0 Å². The van der Waals surface area contributed by atoms with Gasteiger partial charge in [-0.05, 0) is 30.2 Å². The molecule has 0 saturated carbocycles. The van der Waals surface area contributed by atoms with E-state index in [-0.39, 0.29) is 18.1 Å². The molecule has 16 heavy (non-hydrogen) atoms. The molecule has 0 aliphatic heterocycles. The highest BCUT2D eigenvalue weighted by atomic mass is 19.1. The Morgan fingerprint density at radius 2 is 2.19 bits per heavy atom. The minimum absolute atomic E-state index is 0.0110. The molecule has 1 amide bonds. The SMILES string of the molecule is C=Cc1cc(F)cc(CC(=O)N(C)CC)c1. The first-order valence-electron chi connectivity index (χ1n) is 5.22. The van der Waals surface area contributed by atoms with Crippen LogP contribution < -0.4 is 0 Å². The first kappa shape index (κ1) is 12.4. The van der Waals surface area contributed by atoms with Gasteiger partial charge in [-0.1, -0.05) is 18.7 Å². The number of likely N-dealkylation sites (N-methyl/N-ethyl adjacent to an activating group) is 1. The van der Waals surface area contributed by atoms with Crippen molar-refractivity contribution in [1.82, 2.24) is 4.90 Å². The van der Waals surface area contributed by atoms with E-state index in [1.807, 2.05) is 6.92 Å². The fourth-order valence-electron chi connectivity index (χ4n) is 1.38. The number of carbonyl (C=O) groups is 1. The van der Waals surface area contributed by atoms with Crippen LogP contribution in [0.3, 0.4) is 0 Å². The Balaban J connectivity index is 2.84. The lowest BCUT2D eigenvalue weighted by Crippen LogP contribution is -2.27. The number of benzene rings is 1. The molecule has 0 N–H and O–H groups in total. The lowest BCUT2D eigenvalue weighted by molar-refractivity contribution is -0.128. The second kappa shape index (κ2) is 5.45. The van der Waals surface area contributed by atoms with Gasteiger partial charge in [-0.25, -0.2) is 4.39 Å². The summed E-state index contributed by atoms with van der Waals surface area (Å²) in [5.41, 5.74) is 1.38. The second-order valence-electron chi connectivity index (χ2n) is 3.68.